The fraction of sp³-hybridized carbons (Fsp3) is 0.333. The molecule has 0 unspecified atom stereocenters. The highest BCUT2D eigenvalue weighted by Crippen LogP contribution is 2.22. The van der Waals surface area contributed by atoms with Gasteiger partial charge in [-0.25, -0.2) is 13.2 Å². The number of hydrogen-bond donors (Lipinski definition) is 0. The molecule has 0 aliphatic carbocycles. The Morgan fingerprint density at radius 1 is 0.969 bits per heavy atom. The van der Waals surface area contributed by atoms with E-state index in [0.29, 0.717) is 21.8 Å². The predicted octanol–water partition coefficient (Wildman–Crippen LogP) is 1.44. The van der Waals surface area contributed by atoms with Crippen molar-refractivity contribution in [3.8, 4) is 5.75 Å². The lowest BCUT2D eigenvalue weighted by molar-refractivity contribution is -0.134. The second-order valence-corrected chi connectivity index (χ2v) is 9.95. The fourth-order valence-corrected chi connectivity index (χ4v) is 5.31. The Labute approximate surface area is 190 Å². The van der Waals surface area contributed by atoms with E-state index in [4.69, 9.17) is 16.3 Å². The molecule has 3 aromatic rings. The van der Waals surface area contributed by atoms with E-state index < -0.39 is 10.0 Å². The first-order chi connectivity index (χ1) is 15.2. The van der Waals surface area contributed by atoms with Gasteiger partial charge in [-0.2, -0.15) is 4.31 Å². The Morgan fingerprint density at radius 3 is 2.25 bits per heavy atom. The minimum absolute atomic E-state index is 0.122. The van der Waals surface area contributed by atoms with Crippen molar-refractivity contribution in [2.45, 2.75) is 4.90 Å². The molecule has 9 nitrogen and oxygen atoms in total. The topological polar surface area (TPSA) is 93.9 Å². The van der Waals surface area contributed by atoms with Crippen LogP contribution in [0.2, 0.25) is 5.02 Å². The number of rotatable bonds is 5. The first-order valence-corrected chi connectivity index (χ1v) is 11.8. The molecule has 32 heavy (non-hydrogen) atoms. The number of halogens is 1. The molecule has 1 aliphatic rings. The second-order valence-electron chi connectivity index (χ2n) is 7.58. The van der Waals surface area contributed by atoms with E-state index >= 15 is 0 Å². The van der Waals surface area contributed by atoms with Crippen LogP contribution in [0.15, 0.2) is 52.2 Å². The number of hydrogen-bond acceptors (Lipinski definition) is 5. The number of carbonyl (C=O) groups excluding carboxylic acids is 1. The van der Waals surface area contributed by atoms with Crippen molar-refractivity contribution in [3.63, 3.8) is 0 Å². The molecular weight excluding hydrogens is 456 g/mol. The molecule has 1 saturated heterocycles. The van der Waals surface area contributed by atoms with Gasteiger partial charge >= 0.3 is 5.69 Å². The number of fused-ring (bicyclic) bond motifs is 1. The molecular formula is C21H23ClN4O5S. The van der Waals surface area contributed by atoms with Gasteiger partial charge in [0.05, 0.1) is 15.9 Å². The quantitative estimate of drug-likeness (QED) is 0.553. The Kier molecular flexibility index (Phi) is 6.02. The smallest absolute Gasteiger partial charge is 0.328 e. The molecule has 0 bridgehead atoms. The van der Waals surface area contributed by atoms with Gasteiger partial charge in [0, 0.05) is 45.3 Å². The number of piperazine rings is 1. The largest absolute Gasteiger partial charge is 0.484 e. The second kappa shape index (κ2) is 8.61. The van der Waals surface area contributed by atoms with Crippen LogP contribution in [0.4, 0.5) is 0 Å². The van der Waals surface area contributed by atoms with Gasteiger partial charge in [-0.05, 0) is 42.5 Å². The molecule has 1 fully saturated rings. The highest BCUT2D eigenvalue weighted by molar-refractivity contribution is 7.89. The van der Waals surface area contributed by atoms with E-state index in [-0.39, 0.29) is 49.3 Å². The summed E-state index contributed by atoms with van der Waals surface area (Å²) in [7, 11) is -0.502. The zero-order valence-corrected chi connectivity index (χ0v) is 19.3. The van der Waals surface area contributed by atoms with Gasteiger partial charge in [-0.3, -0.25) is 13.9 Å². The third-order valence-electron chi connectivity index (χ3n) is 5.65. The monoisotopic (exact) mass is 478 g/mol. The maximum atomic E-state index is 13.1. The number of sulfonamides is 1. The molecule has 1 aromatic heterocycles. The zero-order valence-electron chi connectivity index (χ0n) is 17.7. The summed E-state index contributed by atoms with van der Waals surface area (Å²) in [5.74, 6) is 0.326. The summed E-state index contributed by atoms with van der Waals surface area (Å²) in [6.45, 7) is 0.775. The molecule has 0 atom stereocenters. The number of nitrogens with zero attached hydrogens (tertiary/aromatic N) is 4. The third-order valence-corrected chi connectivity index (χ3v) is 7.80. The van der Waals surface area contributed by atoms with Gasteiger partial charge in [-0.1, -0.05) is 11.6 Å². The van der Waals surface area contributed by atoms with E-state index in [9.17, 15) is 18.0 Å². The van der Waals surface area contributed by atoms with Crippen LogP contribution in [0, 0.1) is 0 Å². The van der Waals surface area contributed by atoms with Crippen LogP contribution in [-0.4, -0.2) is 65.5 Å². The number of benzene rings is 2. The summed E-state index contributed by atoms with van der Waals surface area (Å²) >= 11 is 5.83. The van der Waals surface area contributed by atoms with E-state index in [1.807, 2.05) is 0 Å². The van der Waals surface area contributed by atoms with E-state index in [2.05, 4.69) is 0 Å². The predicted molar refractivity (Wildman–Crippen MR) is 120 cm³/mol. The number of imidazole rings is 1. The molecule has 2 heterocycles. The average molecular weight is 479 g/mol. The van der Waals surface area contributed by atoms with Crippen molar-refractivity contribution in [2.24, 2.45) is 14.1 Å². The molecule has 170 valence electrons. The molecule has 4 rings (SSSR count). The number of aromatic nitrogens is 2. The van der Waals surface area contributed by atoms with Gasteiger partial charge in [-0.15, -0.1) is 0 Å². The van der Waals surface area contributed by atoms with Crippen LogP contribution < -0.4 is 10.4 Å². The van der Waals surface area contributed by atoms with Crippen molar-refractivity contribution in [2.75, 3.05) is 32.8 Å². The number of carbonyl (C=O) groups is 1. The molecule has 0 N–H and O–H groups in total. The van der Waals surface area contributed by atoms with Crippen molar-refractivity contribution >= 4 is 38.6 Å². The summed E-state index contributed by atoms with van der Waals surface area (Å²) in [5, 5.41) is 0.578. The van der Waals surface area contributed by atoms with Gasteiger partial charge in [0.1, 0.15) is 5.75 Å². The summed E-state index contributed by atoms with van der Waals surface area (Å²) in [4.78, 5) is 26.3. The van der Waals surface area contributed by atoms with Crippen molar-refractivity contribution in [3.05, 3.63) is 58.0 Å². The lowest BCUT2D eigenvalue weighted by atomic mass is 10.3. The van der Waals surface area contributed by atoms with Crippen LogP contribution in [0.1, 0.15) is 0 Å². The number of amides is 1. The molecule has 1 amide bonds. The molecule has 2 aromatic carbocycles. The average Bonchev–Trinajstić information content (AvgIpc) is 3.02. The first kappa shape index (κ1) is 22.4. The Hall–Kier alpha value is -2.82. The van der Waals surface area contributed by atoms with Gasteiger partial charge < -0.3 is 9.64 Å². The SMILES string of the molecule is Cn1c(=O)n(C)c2cc(S(=O)(=O)N3CCN(C(=O)COc4ccc(Cl)cc4)CC3)ccc21. The Bertz CT molecular complexity index is 1320. The zero-order chi connectivity index (χ0) is 23.0. The highest BCUT2D eigenvalue weighted by atomic mass is 35.5. The molecule has 11 heteroatoms. The maximum absolute atomic E-state index is 13.1. The Morgan fingerprint density at radius 2 is 1.59 bits per heavy atom. The first-order valence-electron chi connectivity index (χ1n) is 10.0. The molecule has 0 radical (unpaired) electrons. The lowest BCUT2D eigenvalue weighted by Crippen LogP contribution is -2.51. The Balaban J connectivity index is 1.41. The third kappa shape index (κ3) is 4.13. The normalized spacial score (nSPS) is 15.3. The van der Waals surface area contributed by atoms with E-state index in [1.165, 1.54) is 25.6 Å². The lowest BCUT2D eigenvalue weighted by Gasteiger charge is -2.34. The maximum Gasteiger partial charge on any atom is 0.328 e. The van der Waals surface area contributed by atoms with Crippen molar-refractivity contribution in [1.29, 1.82) is 0 Å². The van der Waals surface area contributed by atoms with E-state index in [1.54, 1.807) is 49.3 Å². The van der Waals surface area contributed by atoms with E-state index in [0.717, 1.165) is 0 Å². The van der Waals surface area contributed by atoms with Crippen molar-refractivity contribution < 1.29 is 17.9 Å². The summed E-state index contributed by atoms with van der Waals surface area (Å²) in [6, 6.07) is 11.4. The van der Waals surface area contributed by atoms with Crippen LogP contribution in [0.5, 0.6) is 5.75 Å². The van der Waals surface area contributed by atoms with Crippen LogP contribution in [0.3, 0.4) is 0 Å². The number of aryl methyl sites for hydroxylation is 2. The van der Waals surface area contributed by atoms with Crippen molar-refractivity contribution in [1.82, 2.24) is 18.3 Å². The van der Waals surface area contributed by atoms with Gasteiger partial charge in [0.2, 0.25) is 10.0 Å². The van der Waals surface area contributed by atoms with Gasteiger partial charge in [0.25, 0.3) is 5.91 Å². The molecule has 0 spiro atoms. The highest BCUT2D eigenvalue weighted by Gasteiger charge is 2.30. The molecule has 0 saturated carbocycles. The summed E-state index contributed by atoms with van der Waals surface area (Å²) in [6.07, 6.45) is 0. The standard InChI is InChI=1S/C21H23ClN4O5S/c1-23-18-8-7-17(13-19(18)24(2)21(23)28)32(29,30)26-11-9-25(10-12-26)20(27)14-31-16-5-3-15(22)4-6-16/h3-8,13H,9-12,14H2,1-2H3. The van der Waals surface area contributed by atoms with Crippen LogP contribution in [0.25, 0.3) is 11.0 Å². The minimum atomic E-state index is -3.76. The summed E-state index contributed by atoms with van der Waals surface area (Å²) in [5.41, 5.74) is 0.988. The molecule has 1 aliphatic heterocycles. The van der Waals surface area contributed by atoms with Gasteiger partial charge in [0.15, 0.2) is 6.61 Å². The minimum Gasteiger partial charge on any atom is -0.484 e. The van der Waals surface area contributed by atoms with Crippen LogP contribution in [-0.2, 0) is 28.9 Å². The number of ether oxygens (including phenoxy) is 1. The summed E-state index contributed by atoms with van der Waals surface area (Å²) < 4.78 is 36.0. The van der Waals surface area contributed by atoms with Crippen LogP contribution >= 0.6 is 11.6 Å². The fourth-order valence-electron chi connectivity index (χ4n) is 3.74.